The van der Waals surface area contributed by atoms with E-state index < -0.39 is 5.97 Å². The zero-order valence-electron chi connectivity index (χ0n) is 10.1. The molecule has 0 unspecified atom stereocenters. The molecular weight excluding hydrogens is 264 g/mol. The molecule has 0 bridgehead atoms. The first-order chi connectivity index (χ1) is 9.31. The minimum absolute atomic E-state index is 0.320. The van der Waals surface area contributed by atoms with E-state index >= 15 is 0 Å². The van der Waals surface area contributed by atoms with Crippen LogP contribution in [0, 0.1) is 0 Å². The monoisotopic (exact) mass is 274 g/mol. The van der Waals surface area contributed by atoms with Gasteiger partial charge in [0.05, 0.1) is 17.6 Å². The molecule has 0 spiro atoms. The van der Waals surface area contributed by atoms with E-state index in [4.69, 9.17) is 4.74 Å². The molecule has 96 valence electrons. The molecule has 1 aromatic carbocycles. The van der Waals surface area contributed by atoms with E-state index in [0.29, 0.717) is 17.3 Å². The topological polar surface area (TPSA) is 69.9 Å². The molecule has 7 heteroatoms. The van der Waals surface area contributed by atoms with Crippen molar-refractivity contribution in [2.75, 3.05) is 6.61 Å². The molecular formula is C12H10N4O2S. The summed E-state index contributed by atoms with van der Waals surface area (Å²) in [5, 5.41) is 4.00. The second-order valence-electron chi connectivity index (χ2n) is 3.75. The number of ether oxygens (including phenoxy) is 1. The van der Waals surface area contributed by atoms with E-state index in [1.54, 1.807) is 17.8 Å². The SMILES string of the molecule is CCOC(=O)c1snnc1-n1cnc2ccccc21. The van der Waals surface area contributed by atoms with Gasteiger partial charge in [-0.1, -0.05) is 16.6 Å². The van der Waals surface area contributed by atoms with Crippen molar-refractivity contribution in [1.82, 2.24) is 19.1 Å². The third kappa shape index (κ3) is 1.97. The molecule has 3 rings (SSSR count). The van der Waals surface area contributed by atoms with E-state index in [1.807, 2.05) is 24.3 Å². The number of carbonyl (C=O) groups excluding carboxylic acids is 1. The lowest BCUT2D eigenvalue weighted by molar-refractivity contribution is 0.0532. The summed E-state index contributed by atoms with van der Waals surface area (Å²) < 4.78 is 10.6. The summed E-state index contributed by atoms with van der Waals surface area (Å²) in [6.45, 7) is 2.08. The lowest BCUT2D eigenvalue weighted by Gasteiger charge is -2.02. The number of hydrogen-bond acceptors (Lipinski definition) is 6. The minimum atomic E-state index is -0.412. The summed E-state index contributed by atoms with van der Waals surface area (Å²) in [4.78, 5) is 16.5. The van der Waals surface area contributed by atoms with Gasteiger partial charge in [0.15, 0.2) is 10.7 Å². The Morgan fingerprint density at radius 3 is 3.11 bits per heavy atom. The number of fused-ring (bicyclic) bond motifs is 1. The molecule has 0 saturated heterocycles. The first-order valence-corrected chi connectivity index (χ1v) is 6.50. The Hall–Kier alpha value is -2.28. The van der Waals surface area contributed by atoms with Gasteiger partial charge in [0.2, 0.25) is 0 Å². The number of carbonyl (C=O) groups is 1. The minimum Gasteiger partial charge on any atom is -0.462 e. The molecule has 2 heterocycles. The second-order valence-corrected chi connectivity index (χ2v) is 4.50. The number of nitrogens with zero attached hydrogens (tertiary/aromatic N) is 4. The van der Waals surface area contributed by atoms with Crippen LogP contribution in [0.1, 0.15) is 16.6 Å². The molecule has 0 aliphatic heterocycles. The Morgan fingerprint density at radius 1 is 1.42 bits per heavy atom. The predicted octanol–water partition coefficient (Wildman–Crippen LogP) is 2.05. The fraction of sp³-hybridized carbons (Fsp3) is 0.167. The van der Waals surface area contributed by atoms with Crippen molar-refractivity contribution >= 4 is 28.5 Å². The van der Waals surface area contributed by atoms with Gasteiger partial charge in [-0.15, -0.1) is 5.10 Å². The molecule has 0 saturated carbocycles. The highest BCUT2D eigenvalue weighted by Gasteiger charge is 2.20. The van der Waals surface area contributed by atoms with Crippen LogP contribution in [0.3, 0.4) is 0 Å². The average Bonchev–Trinajstić information content (AvgIpc) is 3.05. The molecule has 2 aromatic heterocycles. The number of rotatable bonds is 3. The Labute approximate surface area is 112 Å². The van der Waals surface area contributed by atoms with Gasteiger partial charge in [-0.2, -0.15) is 0 Å². The zero-order chi connectivity index (χ0) is 13.2. The van der Waals surface area contributed by atoms with Crippen LogP contribution in [0.4, 0.5) is 0 Å². The number of hydrogen-bond donors (Lipinski definition) is 0. The Morgan fingerprint density at radius 2 is 2.26 bits per heavy atom. The first kappa shape index (κ1) is 11.8. The predicted molar refractivity (Wildman–Crippen MR) is 70.5 cm³/mol. The third-order valence-electron chi connectivity index (χ3n) is 2.61. The molecule has 0 amide bonds. The van der Waals surface area contributed by atoms with Crippen LogP contribution >= 0.6 is 11.5 Å². The molecule has 0 radical (unpaired) electrons. The van der Waals surface area contributed by atoms with Crippen LogP contribution in [0.2, 0.25) is 0 Å². The van der Waals surface area contributed by atoms with Crippen molar-refractivity contribution < 1.29 is 9.53 Å². The van der Waals surface area contributed by atoms with Crippen LogP contribution < -0.4 is 0 Å². The van der Waals surface area contributed by atoms with Gasteiger partial charge in [0, 0.05) is 0 Å². The summed E-state index contributed by atoms with van der Waals surface area (Å²) in [5.41, 5.74) is 1.71. The van der Waals surface area contributed by atoms with Gasteiger partial charge in [0.1, 0.15) is 6.33 Å². The van der Waals surface area contributed by atoms with Crippen molar-refractivity contribution in [3.8, 4) is 5.82 Å². The first-order valence-electron chi connectivity index (χ1n) is 5.73. The molecule has 3 aromatic rings. The van der Waals surface area contributed by atoms with Crippen LogP contribution in [-0.2, 0) is 4.74 Å². The van der Waals surface area contributed by atoms with Gasteiger partial charge in [0.25, 0.3) is 0 Å². The van der Waals surface area contributed by atoms with Crippen LogP contribution in [0.15, 0.2) is 30.6 Å². The molecule has 0 aliphatic rings. The molecule has 0 N–H and O–H groups in total. The number of para-hydroxylation sites is 2. The van der Waals surface area contributed by atoms with Gasteiger partial charge in [-0.3, -0.25) is 4.57 Å². The van der Waals surface area contributed by atoms with Crippen molar-refractivity contribution in [3.63, 3.8) is 0 Å². The van der Waals surface area contributed by atoms with Crippen molar-refractivity contribution in [2.24, 2.45) is 0 Å². The highest BCUT2D eigenvalue weighted by molar-refractivity contribution is 7.08. The number of esters is 1. The molecule has 6 nitrogen and oxygen atoms in total. The Bertz CT molecular complexity index is 734. The fourth-order valence-corrected chi connectivity index (χ4v) is 2.35. The van der Waals surface area contributed by atoms with E-state index in [0.717, 1.165) is 22.6 Å². The van der Waals surface area contributed by atoms with Crippen LogP contribution in [-0.4, -0.2) is 31.7 Å². The molecule has 19 heavy (non-hydrogen) atoms. The number of benzene rings is 1. The van der Waals surface area contributed by atoms with Crippen molar-refractivity contribution in [2.45, 2.75) is 6.92 Å². The Kier molecular flexibility index (Phi) is 2.96. The lowest BCUT2D eigenvalue weighted by atomic mass is 10.3. The summed E-state index contributed by atoms with van der Waals surface area (Å²) in [5.74, 6) is 0.0439. The summed E-state index contributed by atoms with van der Waals surface area (Å²) in [6.07, 6.45) is 1.63. The molecule has 0 atom stereocenters. The number of imidazole rings is 1. The smallest absolute Gasteiger partial charge is 0.353 e. The number of aromatic nitrogens is 4. The second kappa shape index (κ2) is 4.77. The standard InChI is InChI=1S/C12H10N4O2S/c1-2-18-12(17)10-11(14-15-19-10)16-7-13-8-5-3-4-6-9(8)16/h3-7H,2H2,1H3. The van der Waals surface area contributed by atoms with Crippen molar-refractivity contribution in [3.05, 3.63) is 35.5 Å². The maximum absolute atomic E-state index is 11.8. The normalized spacial score (nSPS) is 10.8. The van der Waals surface area contributed by atoms with Gasteiger partial charge in [-0.05, 0) is 30.6 Å². The van der Waals surface area contributed by atoms with E-state index in [9.17, 15) is 4.79 Å². The quantitative estimate of drug-likeness (QED) is 0.684. The maximum atomic E-state index is 11.8. The molecule has 0 fully saturated rings. The summed E-state index contributed by atoms with van der Waals surface area (Å²) in [7, 11) is 0. The largest absolute Gasteiger partial charge is 0.462 e. The fourth-order valence-electron chi connectivity index (χ4n) is 1.80. The van der Waals surface area contributed by atoms with Gasteiger partial charge < -0.3 is 4.74 Å². The van der Waals surface area contributed by atoms with Gasteiger partial charge >= 0.3 is 5.97 Å². The maximum Gasteiger partial charge on any atom is 0.353 e. The Balaban J connectivity index is 2.12. The van der Waals surface area contributed by atoms with E-state index in [1.165, 1.54) is 0 Å². The summed E-state index contributed by atoms with van der Waals surface area (Å²) in [6, 6.07) is 7.63. The highest BCUT2D eigenvalue weighted by atomic mass is 32.1. The molecule has 0 aliphatic carbocycles. The lowest BCUT2D eigenvalue weighted by Crippen LogP contribution is -2.07. The van der Waals surface area contributed by atoms with E-state index in [-0.39, 0.29) is 0 Å². The van der Waals surface area contributed by atoms with Gasteiger partial charge in [-0.25, -0.2) is 9.78 Å². The van der Waals surface area contributed by atoms with Crippen molar-refractivity contribution in [1.29, 1.82) is 0 Å². The summed E-state index contributed by atoms with van der Waals surface area (Å²) >= 11 is 1.02. The van der Waals surface area contributed by atoms with Crippen LogP contribution in [0.25, 0.3) is 16.9 Å². The third-order valence-corrected chi connectivity index (χ3v) is 3.31. The zero-order valence-corrected chi connectivity index (χ0v) is 10.9. The highest BCUT2D eigenvalue weighted by Crippen LogP contribution is 2.21. The van der Waals surface area contributed by atoms with E-state index in [2.05, 4.69) is 14.6 Å². The average molecular weight is 274 g/mol. The van der Waals surface area contributed by atoms with Crippen LogP contribution in [0.5, 0.6) is 0 Å².